The molecule has 3 aromatic rings. The zero-order chi connectivity index (χ0) is 19.5. The number of rotatable bonds is 3. The number of benzene rings is 3. The van der Waals surface area contributed by atoms with Crippen LogP contribution in [-0.4, -0.2) is 24.7 Å². The molecule has 0 unspecified atom stereocenters. The van der Waals surface area contributed by atoms with Crippen LogP contribution in [0.15, 0.2) is 82.8 Å². The van der Waals surface area contributed by atoms with Crippen molar-refractivity contribution in [1.29, 1.82) is 0 Å². The molecule has 1 amide bonds. The van der Waals surface area contributed by atoms with E-state index in [0.29, 0.717) is 33.7 Å². The molecule has 4 rings (SSSR count). The number of carbonyl (C=O) groups is 1. The van der Waals surface area contributed by atoms with E-state index in [2.05, 4.69) is 15.3 Å². The predicted octanol–water partition coefficient (Wildman–Crippen LogP) is 4.62. The van der Waals surface area contributed by atoms with Gasteiger partial charge in [0.1, 0.15) is 11.6 Å². The number of hydrogen-bond acceptors (Lipinski definition) is 3. The Bertz CT molecular complexity index is 1100. The van der Waals surface area contributed by atoms with Gasteiger partial charge in [-0.2, -0.15) is 0 Å². The average Bonchev–Trinajstić information content (AvgIpc) is 3.07. The van der Waals surface area contributed by atoms with Crippen molar-refractivity contribution in [3.63, 3.8) is 0 Å². The summed E-state index contributed by atoms with van der Waals surface area (Å²) >= 11 is 6.22. The van der Waals surface area contributed by atoms with Crippen molar-refractivity contribution in [2.24, 2.45) is 9.98 Å². The lowest BCUT2D eigenvalue weighted by molar-refractivity contribution is 0.0977. The number of halogens is 1. The smallest absolute Gasteiger partial charge is 0.256 e. The molecule has 5 nitrogen and oxygen atoms in total. The van der Waals surface area contributed by atoms with Crippen molar-refractivity contribution in [2.45, 2.75) is 0 Å². The molecule has 1 aliphatic heterocycles. The second kappa shape index (κ2) is 7.66. The number of amidine groups is 2. The molecule has 1 aliphatic rings. The fraction of sp³-hybridized carbons (Fsp3) is 0.0455. The van der Waals surface area contributed by atoms with Crippen LogP contribution in [-0.2, 0) is 0 Å². The average molecular weight is 390 g/mol. The quantitative estimate of drug-likeness (QED) is 0.710. The van der Waals surface area contributed by atoms with Crippen LogP contribution in [0.3, 0.4) is 0 Å². The lowest BCUT2D eigenvalue weighted by Crippen LogP contribution is -2.30. The largest absolute Gasteiger partial charge is 0.497 e. The SMILES string of the molecule is COc1ccc(C(=O)NC2=NC(=Nc3ccccc3Cl)c3ccccc32)cc1. The molecule has 0 saturated heterocycles. The molecule has 0 bridgehead atoms. The standard InChI is InChI=1S/C22H16ClN3O2/c1-28-15-12-10-14(11-13-15)22(27)26-21-17-7-3-2-6-16(17)20(25-21)24-19-9-5-4-8-18(19)23/h2-13H,1H3,(H,24,25,26,27). The van der Waals surface area contributed by atoms with Crippen molar-refractivity contribution in [3.8, 4) is 5.75 Å². The van der Waals surface area contributed by atoms with Gasteiger partial charge >= 0.3 is 0 Å². The maximum atomic E-state index is 12.6. The molecule has 0 aromatic heterocycles. The summed E-state index contributed by atoms with van der Waals surface area (Å²) in [5, 5.41) is 3.42. The third-order valence-electron chi connectivity index (χ3n) is 4.30. The molecule has 1 heterocycles. The Hall–Kier alpha value is -3.44. The Morgan fingerprint density at radius 3 is 2.36 bits per heavy atom. The minimum atomic E-state index is -0.254. The van der Waals surface area contributed by atoms with Crippen LogP contribution >= 0.6 is 11.6 Å². The first-order chi connectivity index (χ1) is 13.7. The second-order valence-corrected chi connectivity index (χ2v) is 6.48. The van der Waals surface area contributed by atoms with Crippen LogP contribution in [0, 0.1) is 0 Å². The molecule has 0 radical (unpaired) electrons. The van der Waals surface area contributed by atoms with E-state index in [1.54, 1.807) is 37.4 Å². The zero-order valence-corrected chi connectivity index (χ0v) is 15.8. The van der Waals surface area contributed by atoms with E-state index in [4.69, 9.17) is 16.3 Å². The van der Waals surface area contributed by atoms with Crippen LogP contribution in [0.5, 0.6) is 5.75 Å². The summed E-state index contributed by atoms with van der Waals surface area (Å²) in [6.07, 6.45) is 0. The number of methoxy groups -OCH3 is 1. The number of fused-ring (bicyclic) bond motifs is 1. The first-order valence-electron chi connectivity index (χ1n) is 8.63. The minimum Gasteiger partial charge on any atom is -0.497 e. The molecular weight excluding hydrogens is 374 g/mol. The number of aliphatic imine (C=N–C) groups is 2. The van der Waals surface area contributed by atoms with E-state index in [1.165, 1.54) is 0 Å². The first kappa shape index (κ1) is 17.9. The normalized spacial score (nSPS) is 13.8. The number of nitrogens with zero attached hydrogens (tertiary/aromatic N) is 2. The minimum absolute atomic E-state index is 0.254. The second-order valence-electron chi connectivity index (χ2n) is 6.08. The summed E-state index contributed by atoms with van der Waals surface area (Å²) in [5.41, 5.74) is 2.79. The molecule has 28 heavy (non-hydrogen) atoms. The maximum Gasteiger partial charge on any atom is 0.256 e. The molecule has 1 N–H and O–H groups in total. The zero-order valence-electron chi connectivity index (χ0n) is 15.0. The summed E-state index contributed by atoms with van der Waals surface area (Å²) in [6, 6.07) is 21.8. The van der Waals surface area contributed by atoms with Crippen LogP contribution in [0.2, 0.25) is 5.02 Å². The topological polar surface area (TPSA) is 63.0 Å². The molecule has 0 fully saturated rings. The number of amides is 1. The van der Waals surface area contributed by atoms with Crippen LogP contribution in [0.4, 0.5) is 5.69 Å². The molecule has 0 atom stereocenters. The van der Waals surface area contributed by atoms with Crippen molar-refractivity contribution >= 4 is 34.9 Å². The van der Waals surface area contributed by atoms with E-state index in [9.17, 15) is 4.79 Å². The van der Waals surface area contributed by atoms with Gasteiger partial charge in [-0.05, 0) is 36.4 Å². The Morgan fingerprint density at radius 2 is 1.64 bits per heavy atom. The van der Waals surface area contributed by atoms with Crippen molar-refractivity contribution in [3.05, 3.63) is 94.5 Å². The van der Waals surface area contributed by atoms with Crippen molar-refractivity contribution in [1.82, 2.24) is 5.32 Å². The summed E-state index contributed by atoms with van der Waals surface area (Å²) < 4.78 is 5.13. The predicted molar refractivity (Wildman–Crippen MR) is 111 cm³/mol. The molecule has 0 aliphatic carbocycles. The van der Waals surface area contributed by atoms with Crippen LogP contribution in [0.1, 0.15) is 21.5 Å². The Balaban J connectivity index is 1.66. The van der Waals surface area contributed by atoms with Crippen molar-refractivity contribution in [2.75, 3.05) is 7.11 Å². The van der Waals surface area contributed by atoms with Gasteiger partial charge < -0.3 is 10.1 Å². The molecule has 138 valence electrons. The number of hydrogen-bond donors (Lipinski definition) is 1. The van der Waals surface area contributed by atoms with E-state index in [-0.39, 0.29) is 5.91 Å². The van der Waals surface area contributed by atoms with Gasteiger partial charge in [-0.25, -0.2) is 9.98 Å². The van der Waals surface area contributed by atoms with Crippen LogP contribution < -0.4 is 10.1 Å². The van der Waals surface area contributed by atoms with E-state index in [1.807, 2.05) is 42.5 Å². The van der Waals surface area contributed by atoms with E-state index >= 15 is 0 Å². The van der Waals surface area contributed by atoms with Gasteiger partial charge in [-0.3, -0.25) is 4.79 Å². The molecule has 0 saturated carbocycles. The lowest BCUT2D eigenvalue weighted by Gasteiger charge is -2.06. The monoisotopic (exact) mass is 389 g/mol. The number of carbonyl (C=O) groups excluding carboxylic acids is 1. The Labute approximate surface area is 167 Å². The highest BCUT2D eigenvalue weighted by molar-refractivity contribution is 6.33. The highest BCUT2D eigenvalue weighted by atomic mass is 35.5. The van der Waals surface area contributed by atoms with Gasteiger partial charge in [0.25, 0.3) is 5.91 Å². The number of para-hydroxylation sites is 1. The first-order valence-corrected chi connectivity index (χ1v) is 9.00. The van der Waals surface area contributed by atoms with E-state index < -0.39 is 0 Å². The number of ether oxygens (including phenoxy) is 1. The third-order valence-corrected chi connectivity index (χ3v) is 4.62. The summed E-state index contributed by atoms with van der Waals surface area (Å²) in [7, 11) is 1.58. The van der Waals surface area contributed by atoms with Gasteiger partial charge in [0, 0.05) is 16.7 Å². The summed E-state index contributed by atoms with van der Waals surface area (Å²) in [6.45, 7) is 0. The maximum absolute atomic E-state index is 12.6. The summed E-state index contributed by atoms with van der Waals surface area (Å²) in [5.74, 6) is 1.40. The number of nitrogens with one attached hydrogen (secondary N) is 1. The summed E-state index contributed by atoms with van der Waals surface area (Å²) in [4.78, 5) is 21.8. The Kier molecular flexibility index (Phi) is 4.91. The molecular formula is C22H16ClN3O2. The van der Waals surface area contributed by atoms with Gasteiger partial charge in [-0.15, -0.1) is 0 Å². The van der Waals surface area contributed by atoms with Crippen LogP contribution in [0.25, 0.3) is 0 Å². The Morgan fingerprint density at radius 1 is 0.964 bits per heavy atom. The molecule has 6 heteroatoms. The highest BCUT2D eigenvalue weighted by Gasteiger charge is 2.23. The highest BCUT2D eigenvalue weighted by Crippen LogP contribution is 2.27. The van der Waals surface area contributed by atoms with Crippen molar-refractivity contribution < 1.29 is 9.53 Å². The van der Waals surface area contributed by atoms with Gasteiger partial charge in [-0.1, -0.05) is 48.0 Å². The lowest BCUT2D eigenvalue weighted by atomic mass is 10.1. The van der Waals surface area contributed by atoms with Gasteiger partial charge in [0.15, 0.2) is 5.84 Å². The third kappa shape index (κ3) is 3.52. The van der Waals surface area contributed by atoms with Gasteiger partial charge in [0.2, 0.25) is 0 Å². The van der Waals surface area contributed by atoms with Gasteiger partial charge in [0.05, 0.1) is 17.8 Å². The van der Waals surface area contributed by atoms with E-state index in [0.717, 1.165) is 11.1 Å². The molecule has 0 spiro atoms. The molecule has 3 aromatic carbocycles. The fourth-order valence-electron chi connectivity index (χ4n) is 2.87. The fourth-order valence-corrected chi connectivity index (χ4v) is 3.05.